The van der Waals surface area contributed by atoms with Gasteiger partial charge in [-0.25, -0.2) is 14.3 Å². The van der Waals surface area contributed by atoms with E-state index in [4.69, 9.17) is 28.6 Å². The van der Waals surface area contributed by atoms with E-state index in [-0.39, 0.29) is 21.2 Å². The van der Waals surface area contributed by atoms with Gasteiger partial charge in [-0.1, -0.05) is 35.3 Å². The molecule has 0 saturated heterocycles. The molecule has 5 rings (SSSR count). The monoisotopic (exact) mass is 495 g/mol. The summed E-state index contributed by atoms with van der Waals surface area (Å²) >= 11 is 12.6. The Labute approximate surface area is 205 Å². The van der Waals surface area contributed by atoms with E-state index in [2.05, 4.69) is 46.4 Å². The minimum absolute atomic E-state index is 0.0908. The van der Waals surface area contributed by atoms with Crippen molar-refractivity contribution >= 4 is 45.9 Å². The van der Waals surface area contributed by atoms with Gasteiger partial charge in [-0.05, 0) is 62.3 Å². The number of aromatic nitrogens is 4. The Morgan fingerprint density at radius 2 is 1.82 bits per heavy atom. The first kappa shape index (κ1) is 22.6. The van der Waals surface area contributed by atoms with Crippen LogP contribution in [0.5, 0.6) is 0 Å². The van der Waals surface area contributed by atoms with Crippen molar-refractivity contribution in [3.05, 3.63) is 79.7 Å². The second-order valence-corrected chi connectivity index (χ2v) is 9.48. The van der Waals surface area contributed by atoms with Gasteiger partial charge in [0.15, 0.2) is 5.65 Å². The number of para-hydroxylation sites is 1. The predicted octanol–water partition coefficient (Wildman–Crippen LogP) is 3.68. The number of anilines is 2. The highest BCUT2D eigenvalue weighted by molar-refractivity contribution is 6.37. The summed E-state index contributed by atoms with van der Waals surface area (Å²) in [6, 6.07) is 11.7. The fourth-order valence-corrected chi connectivity index (χ4v) is 4.96. The maximum Gasteiger partial charge on any atom is 0.335 e. The zero-order valence-corrected chi connectivity index (χ0v) is 20.4. The molecule has 0 unspecified atom stereocenters. The standard InChI is InChI=1S/C24H23Cl2N7O/c1-31(2)16-10-13-7-8-15(9-14(13)11-16)29-23-28-12-17-21(27)33(24(34)32(3)22(17)30-23)20-18(25)5-4-6-19(20)26/h4-9,12,16,27H,10-11H2,1-3H3,(H,28,29,30)/t16-/m1/s1. The third-order valence-corrected chi connectivity index (χ3v) is 6.92. The van der Waals surface area contributed by atoms with Crippen LogP contribution < -0.4 is 16.5 Å². The van der Waals surface area contributed by atoms with Crippen molar-refractivity contribution in [3.8, 4) is 5.69 Å². The first-order chi connectivity index (χ1) is 16.2. The van der Waals surface area contributed by atoms with E-state index in [1.165, 1.54) is 26.5 Å². The van der Waals surface area contributed by atoms with E-state index in [1.807, 2.05) is 6.07 Å². The summed E-state index contributed by atoms with van der Waals surface area (Å²) in [7, 11) is 5.80. The zero-order chi connectivity index (χ0) is 24.1. The van der Waals surface area contributed by atoms with Gasteiger partial charge in [0.2, 0.25) is 5.95 Å². The van der Waals surface area contributed by atoms with E-state index in [1.54, 1.807) is 25.2 Å². The number of hydrogen-bond donors (Lipinski definition) is 2. The van der Waals surface area contributed by atoms with Gasteiger partial charge in [0.05, 0.1) is 21.1 Å². The Morgan fingerprint density at radius 1 is 1.12 bits per heavy atom. The second-order valence-electron chi connectivity index (χ2n) is 8.66. The van der Waals surface area contributed by atoms with Crippen LogP contribution in [0.4, 0.5) is 11.6 Å². The van der Waals surface area contributed by atoms with Gasteiger partial charge in [0.1, 0.15) is 5.49 Å². The molecule has 10 heteroatoms. The first-order valence-corrected chi connectivity index (χ1v) is 11.5. The molecule has 0 saturated carbocycles. The van der Waals surface area contributed by atoms with Gasteiger partial charge in [0, 0.05) is 25.0 Å². The molecule has 0 fully saturated rings. The largest absolute Gasteiger partial charge is 0.335 e. The highest BCUT2D eigenvalue weighted by Crippen LogP contribution is 2.29. The maximum atomic E-state index is 13.2. The predicted molar refractivity (Wildman–Crippen MR) is 135 cm³/mol. The van der Waals surface area contributed by atoms with Gasteiger partial charge in [-0.2, -0.15) is 4.98 Å². The Morgan fingerprint density at radius 3 is 2.53 bits per heavy atom. The Balaban J connectivity index is 1.55. The van der Waals surface area contributed by atoms with Crippen molar-refractivity contribution in [1.29, 1.82) is 5.41 Å². The molecule has 2 heterocycles. The molecular formula is C24H23Cl2N7O. The molecule has 0 radical (unpaired) electrons. The van der Waals surface area contributed by atoms with Crippen molar-refractivity contribution in [3.63, 3.8) is 0 Å². The van der Waals surface area contributed by atoms with Crippen molar-refractivity contribution in [2.24, 2.45) is 7.05 Å². The Bertz CT molecular complexity index is 1540. The minimum Gasteiger partial charge on any atom is -0.324 e. The van der Waals surface area contributed by atoms with E-state index in [0.29, 0.717) is 23.0 Å². The molecule has 8 nitrogen and oxygen atoms in total. The number of halogens is 2. The van der Waals surface area contributed by atoms with Crippen LogP contribution in [0, 0.1) is 5.41 Å². The van der Waals surface area contributed by atoms with E-state index >= 15 is 0 Å². The summed E-state index contributed by atoms with van der Waals surface area (Å²) in [6.07, 6.45) is 3.57. The van der Waals surface area contributed by atoms with Crippen LogP contribution in [-0.4, -0.2) is 44.1 Å². The number of benzene rings is 2. The van der Waals surface area contributed by atoms with Crippen LogP contribution in [0.3, 0.4) is 0 Å². The number of fused-ring (bicyclic) bond motifs is 2. The quantitative estimate of drug-likeness (QED) is 0.450. The highest BCUT2D eigenvalue weighted by atomic mass is 35.5. The van der Waals surface area contributed by atoms with Crippen LogP contribution in [-0.2, 0) is 19.9 Å². The van der Waals surface area contributed by atoms with Crippen LogP contribution in [0.2, 0.25) is 10.0 Å². The summed E-state index contributed by atoms with van der Waals surface area (Å²) < 4.78 is 2.54. The lowest BCUT2D eigenvalue weighted by Gasteiger charge is -2.17. The zero-order valence-electron chi connectivity index (χ0n) is 18.9. The van der Waals surface area contributed by atoms with Gasteiger partial charge >= 0.3 is 5.69 Å². The smallest absolute Gasteiger partial charge is 0.324 e. The lowest BCUT2D eigenvalue weighted by atomic mass is 10.1. The van der Waals surface area contributed by atoms with Crippen molar-refractivity contribution in [2.45, 2.75) is 18.9 Å². The van der Waals surface area contributed by atoms with Crippen molar-refractivity contribution < 1.29 is 0 Å². The topological polar surface area (TPSA) is 91.8 Å². The Kier molecular flexibility index (Phi) is 5.67. The number of aryl methyl sites for hydroxylation is 1. The Hall–Kier alpha value is -3.20. The van der Waals surface area contributed by atoms with Gasteiger partial charge < -0.3 is 10.2 Å². The summed E-state index contributed by atoms with van der Waals surface area (Å²) in [4.78, 5) is 24.4. The molecule has 174 valence electrons. The van der Waals surface area contributed by atoms with E-state index in [9.17, 15) is 4.79 Å². The molecule has 0 bridgehead atoms. The van der Waals surface area contributed by atoms with Crippen molar-refractivity contribution in [2.75, 3.05) is 19.4 Å². The van der Waals surface area contributed by atoms with Crippen LogP contribution in [0.1, 0.15) is 11.1 Å². The average molecular weight is 496 g/mol. The number of likely N-dealkylation sites (N-methyl/N-ethyl adjacent to an activating group) is 1. The SMILES string of the molecule is CN(C)[C@@H]1Cc2ccc(Nc3ncc4c(=N)n(-c5c(Cl)cccc5Cl)c(=O)n(C)c4n3)cc2C1. The first-order valence-electron chi connectivity index (χ1n) is 10.8. The lowest BCUT2D eigenvalue weighted by molar-refractivity contribution is 0.303. The number of nitrogens with zero attached hydrogens (tertiary/aromatic N) is 5. The highest BCUT2D eigenvalue weighted by Gasteiger charge is 2.23. The molecule has 1 atom stereocenters. The molecule has 2 N–H and O–H groups in total. The van der Waals surface area contributed by atoms with E-state index < -0.39 is 5.69 Å². The number of rotatable bonds is 4. The van der Waals surface area contributed by atoms with Gasteiger partial charge in [-0.3, -0.25) is 9.98 Å². The molecule has 1 aliphatic rings. The molecule has 1 aliphatic carbocycles. The van der Waals surface area contributed by atoms with Gasteiger partial charge in [-0.15, -0.1) is 0 Å². The van der Waals surface area contributed by atoms with E-state index in [0.717, 1.165) is 18.5 Å². The molecule has 34 heavy (non-hydrogen) atoms. The van der Waals surface area contributed by atoms with Crippen LogP contribution in [0.15, 0.2) is 47.4 Å². The third kappa shape index (κ3) is 3.77. The van der Waals surface area contributed by atoms with Crippen LogP contribution >= 0.6 is 23.2 Å². The molecule has 2 aromatic carbocycles. The molecule has 0 amide bonds. The summed E-state index contributed by atoms with van der Waals surface area (Å²) in [5.41, 5.74) is 3.56. The summed E-state index contributed by atoms with van der Waals surface area (Å²) in [6.45, 7) is 0. The third-order valence-electron chi connectivity index (χ3n) is 6.31. The summed E-state index contributed by atoms with van der Waals surface area (Å²) in [5.74, 6) is 0.345. The van der Waals surface area contributed by atoms with Crippen molar-refractivity contribution in [1.82, 2.24) is 24.0 Å². The molecule has 0 spiro atoms. The molecule has 4 aromatic rings. The fourth-order valence-electron chi connectivity index (χ4n) is 4.39. The second kappa shape index (κ2) is 8.54. The number of hydrogen-bond acceptors (Lipinski definition) is 6. The average Bonchev–Trinajstić information content (AvgIpc) is 3.23. The summed E-state index contributed by atoms with van der Waals surface area (Å²) in [5, 5.41) is 12.8. The minimum atomic E-state index is -0.482. The lowest BCUT2D eigenvalue weighted by Crippen LogP contribution is -2.38. The molecule has 2 aromatic heterocycles. The van der Waals surface area contributed by atoms with Gasteiger partial charge in [0.25, 0.3) is 0 Å². The molecular weight excluding hydrogens is 473 g/mol. The normalized spacial score (nSPS) is 15.2. The molecule has 0 aliphatic heterocycles. The number of nitrogens with one attached hydrogen (secondary N) is 2. The fraction of sp³-hybridized carbons (Fsp3) is 0.250. The maximum absolute atomic E-state index is 13.2. The van der Waals surface area contributed by atoms with Crippen LogP contribution in [0.25, 0.3) is 16.7 Å².